The fourth-order valence-electron chi connectivity index (χ4n) is 6.82. The van der Waals surface area contributed by atoms with Gasteiger partial charge in [0.15, 0.2) is 0 Å². The van der Waals surface area contributed by atoms with Crippen LogP contribution in [0.25, 0.3) is 0 Å². The second-order valence-electron chi connectivity index (χ2n) is 15.4. The molecule has 51 heavy (non-hydrogen) atoms. The quantitative estimate of drug-likeness (QED) is 0.0332. The van der Waals surface area contributed by atoms with E-state index in [1.165, 1.54) is 135 Å². The lowest BCUT2D eigenvalue weighted by molar-refractivity contribution is -0.143. The number of nitrogens with one attached hydrogen (secondary N) is 1. The van der Waals surface area contributed by atoms with Gasteiger partial charge in [0.05, 0.1) is 25.4 Å². The number of carbonyl (C=O) groups excluding carboxylic acids is 2. The molecule has 0 saturated heterocycles. The lowest BCUT2D eigenvalue weighted by Gasteiger charge is -2.22. The zero-order valence-corrected chi connectivity index (χ0v) is 34.1. The minimum Gasteiger partial charge on any atom is -0.466 e. The summed E-state index contributed by atoms with van der Waals surface area (Å²) in [5.41, 5.74) is 0. The molecule has 0 saturated carbocycles. The maximum Gasteiger partial charge on any atom is 0.305 e. The fourth-order valence-corrected chi connectivity index (χ4v) is 6.82. The van der Waals surface area contributed by atoms with Crippen molar-refractivity contribution in [2.24, 2.45) is 0 Å². The van der Waals surface area contributed by atoms with Crippen LogP contribution in [0.1, 0.15) is 239 Å². The average Bonchev–Trinajstić information content (AvgIpc) is 3.13. The molecule has 1 amide bonds. The molecule has 0 radical (unpaired) electrons. The Bertz CT molecular complexity index is 757. The van der Waals surface area contributed by atoms with Gasteiger partial charge in [-0.05, 0) is 44.9 Å². The average molecular weight is 722 g/mol. The third-order valence-electron chi connectivity index (χ3n) is 10.3. The highest BCUT2D eigenvalue weighted by atomic mass is 16.5. The van der Waals surface area contributed by atoms with Crippen LogP contribution in [-0.4, -0.2) is 47.4 Å². The van der Waals surface area contributed by atoms with Crippen LogP contribution in [0.2, 0.25) is 0 Å². The van der Waals surface area contributed by atoms with Crippen molar-refractivity contribution in [2.45, 2.75) is 251 Å². The maximum atomic E-state index is 12.4. The van der Waals surface area contributed by atoms with Gasteiger partial charge in [0.2, 0.25) is 5.91 Å². The molecule has 0 aromatic heterocycles. The third kappa shape index (κ3) is 38.1. The van der Waals surface area contributed by atoms with E-state index in [0.717, 1.165) is 70.6 Å². The van der Waals surface area contributed by atoms with E-state index in [2.05, 4.69) is 31.3 Å². The van der Waals surface area contributed by atoms with Crippen LogP contribution in [0, 0.1) is 0 Å². The van der Waals surface area contributed by atoms with Crippen molar-refractivity contribution in [3.05, 3.63) is 12.2 Å². The summed E-state index contributed by atoms with van der Waals surface area (Å²) >= 11 is 0. The number of ether oxygens (including phenoxy) is 1. The summed E-state index contributed by atoms with van der Waals surface area (Å²) < 4.78 is 5.42. The molecular formula is C45H87NO5. The second kappa shape index (κ2) is 41.4. The standard InChI is InChI=1S/C45H87NO5/c1-3-5-7-9-11-13-15-17-19-23-27-31-35-39-45(50)51-40-36-32-28-24-20-22-26-30-34-38-44(49)46-42(41-47)43(48)37-33-29-25-21-18-16-14-12-10-8-6-4-2/h22,26,42-43,47-48H,3-21,23-25,27-41H2,1-2H3,(H,46,49)/b26-22-. The van der Waals surface area contributed by atoms with Gasteiger partial charge in [0, 0.05) is 12.8 Å². The molecule has 3 N–H and O–H groups in total. The van der Waals surface area contributed by atoms with Crippen molar-refractivity contribution in [1.82, 2.24) is 5.32 Å². The first-order valence-electron chi connectivity index (χ1n) is 22.4. The van der Waals surface area contributed by atoms with E-state index in [1.807, 2.05) is 0 Å². The number of aliphatic hydroxyl groups is 2. The van der Waals surface area contributed by atoms with Crippen molar-refractivity contribution >= 4 is 11.9 Å². The molecule has 0 spiro atoms. The second-order valence-corrected chi connectivity index (χ2v) is 15.4. The number of aliphatic hydroxyl groups excluding tert-OH is 2. The molecule has 0 aliphatic carbocycles. The summed E-state index contributed by atoms with van der Waals surface area (Å²) in [5, 5.41) is 23.0. The normalized spacial score (nSPS) is 12.8. The number of unbranched alkanes of at least 4 members (excludes halogenated alkanes) is 28. The van der Waals surface area contributed by atoms with Gasteiger partial charge in [-0.3, -0.25) is 9.59 Å². The van der Waals surface area contributed by atoms with Crippen LogP contribution in [0.5, 0.6) is 0 Å². The predicted octanol–water partition coefficient (Wildman–Crippen LogP) is 12.6. The molecule has 0 rings (SSSR count). The third-order valence-corrected chi connectivity index (χ3v) is 10.3. The Balaban J connectivity index is 3.55. The number of esters is 1. The van der Waals surface area contributed by atoms with Crippen molar-refractivity contribution in [1.29, 1.82) is 0 Å². The molecule has 2 atom stereocenters. The largest absolute Gasteiger partial charge is 0.466 e. The Labute approximate surface area is 317 Å². The zero-order valence-electron chi connectivity index (χ0n) is 34.1. The fraction of sp³-hybridized carbons (Fsp3) is 0.911. The molecule has 0 aromatic carbocycles. The van der Waals surface area contributed by atoms with Gasteiger partial charge >= 0.3 is 5.97 Å². The molecule has 6 nitrogen and oxygen atoms in total. The molecule has 0 aromatic rings. The van der Waals surface area contributed by atoms with Gasteiger partial charge < -0.3 is 20.3 Å². The van der Waals surface area contributed by atoms with E-state index in [4.69, 9.17) is 4.74 Å². The van der Waals surface area contributed by atoms with Crippen molar-refractivity contribution in [3.63, 3.8) is 0 Å². The maximum absolute atomic E-state index is 12.4. The first-order valence-corrected chi connectivity index (χ1v) is 22.4. The van der Waals surface area contributed by atoms with Gasteiger partial charge in [-0.15, -0.1) is 0 Å². The summed E-state index contributed by atoms with van der Waals surface area (Å²) in [6.07, 6.45) is 44.6. The summed E-state index contributed by atoms with van der Waals surface area (Å²) in [7, 11) is 0. The van der Waals surface area contributed by atoms with Crippen LogP contribution < -0.4 is 5.32 Å². The number of allylic oxidation sites excluding steroid dienone is 2. The smallest absolute Gasteiger partial charge is 0.305 e. The Hall–Kier alpha value is -1.40. The minimum absolute atomic E-state index is 0.0347. The van der Waals surface area contributed by atoms with Crippen LogP contribution in [-0.2, 0) is 14.3 Å². The Morgan fingerprint density at radius 3 is 1.43 bits per heavy atom. The van der Waals surface area contributed by atoms with E-state index < -0.39 is 12.1 Å². The van der Waals surface area contributed by atoms with E-state index >= 15 is 0 Å². The molecule has 0 bridgehead atoms. The van der Waals surface area contributed by atoms with Gasteiger partial charge in [-0.2, -0.15) is 0 Å². The van der Waals surface area contributed by atoms with Crippen LogP contribution in [0.4, 0.5) is 0 Å². The number of hydrogen-bond donors (Lipinski definition) is 3. The Morgan fingerprint density at radius 1 is 0.529 bits per heavy atom. The highest BCUT2D eigenvalue weighted by molar-refractivity contribution is 5.76. The number of amides is 1. The molecule has 302 valence electrons. The van der Waals surface area contributed by atoms with Crippen molar-refractivity contribution in [3.8, 4) is 0 Å². The minimum atomic E-state index is -0.692. The van der Waals surface area contributed by atoms with Crippen LogP contribution in [0.15, 0.2) is 12.2 Å². The first kappa shape index (κ1) is 49.6. The van der Waals surface area contributed by atoms with Gasteiger partial charge in [0.25, 0.3) is 0 Å². The topological polar surface area (TPSA) is 95.9 Å². The first-order chi connectivity index (χ1) is 25.0. The molecular weight excluding hydrogens is 634 g/mol. The molecule has 0 fully saturated rings. The van der Waals surface area contributed by atoms with E-state index in [9.17, 15) is 19.8 Å². The van der Waals surface area contributed by atoms with E-state index in [0.29, 0.717) is 25.9 Å². The predicted molar refractivity (Wildman–Crippen MR) is 218 cm³/mol. The molecule has 6 heteroatoms. The summed E-state index contributed by atoms with van der Waals surface area (Å²) in [6.45, 7) is 4.85. The van der Waals surface area contributed by atoms with Crippen LogP contribution in [0.3, 0.4) is 0 Å². The summed E-state index contributed by atoms with van der Waals surface area (Å²) in [4.78, 5) is 24.3. The Morgan fingerprint density at radius 2 is 0.941 bits per heavy atom. The zero-order chi connectivity index (χ0) is 37.3. The van der Waals surface area contributed by atoms with Gasteiger partial charge in [-0.25, -0.2) is 0 Å². The molecule has 0 aliphatic rings. The van der Waals surface area contributed by atoms with E-state index in [1.54, 1.807) is 0 Å². The highest BCUT2D eigenvalue weighted by Crippen LogP contribution is 2.15. The van der Waals surface area contributed by atoms with Crippen molar-refractivity contribution in [2.75, 3.05) is 13.2 Å². The number of rotatable bonds is 41. The lowest BCUT2D eigenvalue weighted by atomic mass is 10.0. The summed E-state index contributed by atoms with van der Waals surface area (Å²) in [5.74, 6) is -0.131. The number of hydrogen-bond acceptors (Lipinski definition) is 5. The SMILES string of the molecule is CCCCCCCCCCCCCCCC(=O)OCCCCCC/C=C\CCCC(=O)NC(CO)C(O)CCCCCCCCCCCCCC. The highest BCUT2D eigenvalue weighted by Gasteiger charge is 2.19. The molecule has 2 unspecified atom stereocenters. The van der Waals surface area contributed by atoms with Crippen molar-refractivity contribution < 1.29 is 24.5 Å². The van der Waals surface area contributed by atoms with Crippen LogP contribution >= 0.6 is 0 Å². The van der Waals surface area contributed by atoms with Gasteiger partial charge in [-0.1, -0.05) is 193 Å². The van der Waals surface area contributed by atoms with E-state index in [-0.39, 0.29) is 18.5 Å². The lowest BCUT2D eigenvalue weighted by Crippen LogP contribution is -2.45. The monoisotopic (exact) mass is 722 g/mol. The molecule has 0 heterocycles. The summed E-state index contributed by atoms with van der Waals surface area (Å²) in [6, 6.07) is -0.576. The Kier molecular flexibility index (Phi) is 40.2. The number of carbonyl (C=O) groups is 2. The molecule has 0 aliphatic heterocycles. The van der Waals surface area contributed by atoms with Gasteiger partial charge in [0.1, 0.15) is 0 Å².